The molecule has 2 N–H and O–H groups in total. The summed E-state index contributed by atoms with van der Waals surface area (Å²) < 4.78 is 19.2. The molecule has 0 spiro atoms. The predicted octanol–water partition coefficient (Wildman–Crippen LogP) is 5.25. The van der Waals surface area contributed by atoms with Gasteiger partial charge in [-0.2, -0.15) is 10.2 Å². The van der Waals surface area contributed by atoms with Crippen LogP contribution in [0.5, 0.6) is 5.88 Å². The first kappa shape index (κ1) is 18.9. The van der Waals surface area contributed by atoms with Crippen molar-refractivity contribution in [3.05, 3.63) is 59.1 Å². The number of anilines is 4. The molecular weight excluding hydrogens is 415 g/mol. The molecule has 144 valence electrons. The number of hydrogen-bond donors (Lipinski definition) is 2. The quantitative estimate of drug-likeness (QED) is 0.450. The molecule has 0 aliphatic rings. The molecule has 4 rings (SSSR count). The van der Waals surface area contributed by atoms with E-state index in [9.17, 15) is 9.65 Å². The Hall–Kier alpha value is -3.48. The van der Waals surface area contributed by atoms with Crippen LogP contribution in [0.25, 0.3) is 10.3 Å². The summed E-state index contributed by atoms with van der Waals surface area (Å²) in [5.74, 6) is -0.00529. The Balaban J connectivity index is 1.64. The van der Waals surface area contributed by atoms with Crippen molar-refractivity contribution in [2.24, 2.45) is 0 Å². The van der Waals surface area contributed by atoms with Crippen LogP contribution in [0.2, 0.25) is 5.02 Å². The van der Waals surface area contributed by atoms with Gasteiger partial charge in [0.05, 0.1) is 34.4 Å². The Labute approximate surface area is 173 Å². The molecular formula is C19H12ClFN6OS. The number of aromatic nitrogens is 3. The second-order valence-corrected chi connectivity index (χ2v) is 7.24. The van der Waals surface area contributed by atoms with E-state index in [4.69, 9.17) is 16.3 Å². The SMILES string of the molecule is COc1ccc(Nc2nc3nc(C#N)c(Nc4ccc(F)c(Cl)c4)cc3s2)cn1. The Morgan fingerprint density at radius 1 is 1.14 bits per heavy atom. The number of halogens is 2. The Morgan fingerprint density at radius 2 is 1.97 bits per heavy atom. The van der Waals surface area contributed by atoms with Gasteiger partial charge < -0.3 is 15.4 Å². The van der Waals surface area contributed by atoms with Crippen LogP contribution < -0.4 is 15.4 Å². The maximum absolute atomic E-state index is 13.4. The number of nitrogens with one attached hydrogen (secondary N) is 2. The van der Waals surface area contributed by atoms with Crippen LogP contribution in [0.1, 0.15) is 5.69 Å². The predicted molar refractivity (Wildman–Crippen MR) is 111 cm³/mol. The molecule has 7 nitrogen and oxygen atoms in total. The highest BCUT2D eigenvalue weighted by Gasteiger charge is 2.13. The highest BCUT2D eigenvalue weighted by molar-refractivity contribution is 7.22. The molecule has 0 atom stereocenters. The monoisotopic (exact) mass is 426 g/mol. The third kappa shape index (κ3) is 4.03. The molecule has 4 aromatic rings. The zero-order valence-electron chi connectivity index (χ0n) is 14.9. The first-order chi connectivity index (χ1) is 14.1. The highest BCUT2D eigenvalue weighted by Crippen LogP contribution is 2.32. The maximum Gasteiger partial charge on any atom is 0.213 e. The van der Waals surface area contributed by atoms with E-state index in [0.29, 0.717) is 28.0 Å². The van der Waals surface area contributed by atoms with Crippen molar-refractivity contribution in [2.45, 2.75) is 0 Å². The van der Waals surface area contributed by atoms with E-state index in [0.717, 1.165) is 10.4 Å². The molecule has 0 amide bonds. The molecule has 0 bridgehead atoms. The van der Waals surface area contributed by atoms with Crippen LogP contribution in [0.3, 0.4) is 0 Å². The van der Waals surface area contributed by atoms with Gasteiger partial charge in [0, 0.05) is 11.8 Å². The van der Waals surface area contributed by atoms with E-state index in [-0.39, 0.29) is 10.7 Å². The first-order valence-corrected chi connectivity index (χ1v) is 9.46. The summed E-state index contributed by atoms with van der Waals surface area (Å²) in [6.07, 6.45) is 1.63. The van der Waals surface area contributed by atoms with Gasteiger partial charge in [-0.3, -0.25) is 0 Å². The lowest BCUT2D eigenvalue weighted by Gasteiger charge is -2.08. The summed E-state index contributed by atoms with van der Waals surface area (Å²) in [4.78, 5) is 12.9. The van der Waals surface area contributed by atoms with Gasteiger partial charge in [0.25, 0.3) is 0 Å². The molecule has 0 aliphatic heterocycles. The molecule has 0 aliphatic carbocycles. The average molecular weight is 427 g/mol. The van der Waals surface area contributed by atoms with Gasteiger partial charge in [0.2, 0.25) is 5.88 Å². The normalized spacial score (nSPS) is 10.6. The Bertz CT molecular complexity index is 1240. The molecule has 10 heteroatoms. The van der Waals surface area contributed by atoms with Crippen molar-refractivity contribution in [1.29, 1.82) is 5.26 Å². The molecule has 0 fully saturated rings. The zero-order chi connectivity index (χ0) is 20.4. The van der Waals surface area contributed by atoms with Crippen LogP contribution in [0.4, 0.5) is 26.6 Å². The lowest BCUT2D eigenvalue weighted by Crippen LogP contribution is -1.97. The molecule has 1 aromatic carbocycles. The number of hydrogen-bond acceptors (Lipinski definition) is 8. The van der Waals surface area contributed by atoms with Crippen LogP contribution in [0, 0.1) is 17.1 Å². The summed E-state index contributed by atoms with van der Waals surface area (Å²) in [5.41, 5.74) is 2.37. The van der Waals surface area contributed by atoms with Crippen molar-refractivity contribution >= 4 is 55.5 Å². The highest BCUT2D eigenvalue weighted by atomic mass is 35.5. The van der Waals surface area contributed by atoms with Gasteiger partial charge in [0.15, 0.2) is 16.5 Å². The van der Waals surface area contributed by atoms with Crippen molar-refractivity contribution < 1.29 is 9.13 Å². The summed E-state index contributed by atoms with van der Waals surface area (Å²) in [6, 6.07) is 11.6. The molecule has 3 heterocycles. The van der Waals surface area contributed by atoms with Gasteiger partial charge in [-0.05, 0) is 30.3 Å². The van der Waals surface area contributed by atoms with E-state index in [1.807, 2.05) is 12.1 Å². The van der Waals surface area contributed by atoms with Gasteiger partial charge in [0.1, 0.15) is 11.9 Å². The fourth-order valence-electron chi connectivity index (χ4n) is 2.53. The Morgan fingerprint density at radius 3 is 2.66 bits per heavy atom. The minimum atomic E-state index is -0.516. The van der Waals surface area contributed by atoms with E-state index in [1.165, 1.54) is 29.5 Å². The van der Waals surface area contributed by atoms with Crippen molar-refractivity contribution in [1.82, 2.24) is 15.0 Å². The number of rotatable bonds is 5. The first-order valence-electron chi connectivity index (χ1n) is 8.26. The van der Waals surface area contributed by atoms with Gasteiger partial charge >= 0.3 is 0 Å². The lowest BCUT2D eigenvalue weighted by atomic mass is 10.2. The lowest BCUT2D eigenvalue weighted by molar-refractivity contribution is 0.398. The second kappa shape index (κ2) is 7.87. The van der Waals surface area contributed by atoms with Crippen LogP contribution in [-0.2, 0) is 0 Å². The fourth-order valence-corrected chi connectivity index (χ4v) is 3.57. The number of nitriles is 1. The largest absolute Gasteiger partial charge is 0.481 e. The number of methoxy groups -OCH3 is 1. The molecule has 0 saturated carbocycles. The molecule has 0 unspecified atom stereocenters. The third-order valence-corrected chi connectivity index (χ3v) is 5.08. The number of benzene rings is 1. The topological polar surface area (TPSA) is 95.8 Å². The Kier molecular flexibility index (Phi) is 5.12. The fraction of sp³-hybridized carbons (Fsp3) is 0.0526. The number of thiazole rings is 1. The summed E-state index contributed by atoms with van der Waals surface area (Å²) in [6.45, 7) is 0. The molecule has 0 saturated heterocycles. The molecule has 29 heavy (non-hydrogen) atoms. The standard InChI is InChI=1S/C19H12ClFN6OS/c1-28-17-5-3-11(9-23-17)25-19-27-18-16(29-19)7-14(15(8-22)26-18)24-10-2-4-13(21)12(20)6-10/h2-7,9,24H,1H3,(H,25,26,27). The zero-order valence-corrected chi connectivity index (χ0v) is 16.5. The smallest absolute Gasteiger partial charge is 0.213 e. The number of fused-ring (bicyclic) bond motifs is 1. The van der Waals surface area contributed by atoms with E-state index < -0.39 is 5.82 Å². The minimum Gasteiger partial charge on any atom is -0.481 e. The summed E-state index contributed by atoms with van der Waals surface area (Å²) in [7, 11) is 1.55. The molecule has 3 aromatic heterocycles. The summed E-state index contributed by atoms with van der Waals surface area (Å²) >= 11 is 7.20. The molecule has 0 radical (unpaired) electrons. The van der Waals surface area contributed by atoms with Gasteiger partial charge in [-0.1, -0.05) is 22.9 Å². The van der Waals surface area contributed by atoms with E-state index >= 15 is 0 Å². The van der Waals surface area contributed by atoms with Gasteiger partial charge in [-0.15, -0.1) is 0 Å². The summed E-state index contributed by atoms with van der Waals surface area (Å²) in [5, 5.41) is 16.2. The van der Waals surface area contributed by atoms with Crippen molar-refractivity contribution in [3.63, 3.8) is 0 Å². The average Bonchev–Trinajstić information content (AvgIpc) is 3.11. The van der Waals surface area contributed by atoms with Gasteiger partial charge in [-0.25, -0.2) is 14.4 Å². The van der Waals surface area contributed by atoms with Crippen LogP contribution in [-0.4, -0.2) is 22.1 Å². The van der Waals surface area contributed by atoms with Crippen molar-refractivity contribution in [2.75, 3.05) is 17.7 Å². The van der Waals surface area contributed by atoms with Crippen molar-refractivity contribution in [3.8, 4) is 11.9 Å². The number of ether oxygens (including phenoxy) is 1. The van der Waals surface area contributed by atoms with Crippen LogP contribution in [0.15, 0.2) is 42.6 Å². The number of pyridine rings is 2. The maximum atomic E-state index is 13.4. The number of nitrogens with zero attached hydrogens (tertiary/aromatic N) is 4. The van der Waals surface area contributed by atoms with E-state index in [1.54, 1.807) is 25.4 Å². The van der Waals surface area contributed by atoms with E-state index in [2.05, 4.69) is 25.6 Å². The van der Waals surface area contributed by atoms with Crippen LogP contribution >= 0.6 is 22.9 Å². The minimum absolute atomic E-state index is 0.0140. The third-order valence-electron chi connectivity index (χ3n) is 3.88. The second-order valence-electron chi connectivity index (χ2n) is 5.81.